The summed E-state index contributed by atoms with van der Waals surface area (Å²) in [4.78, 5) is 1.03. The fourth-order valence-corrected chi connectivity index (χ4v) is 3.53. The van der Waals surface area contributed by atoms with Gasteiger partial charge in [-0.3, -0.25) is 0 Å². The molecule has 2 rings (SSSR count). The molecule has 0 spiro atoms. The van der Waals surface area contributed by atoms with E-state index < -0.39 is 0 Å². The molecular formula is C13H12BrClFNS. The number of hydrogen-bond acceptors (Lipinski definition) is 2. The Morgan fingerprint density at radius 1 is 1.50 bits per heavy atom. The molecule has 2 aromatic rings. The Kier molecular flexibility index (Phi) is 4.43. The van der Waals surface area contributed by atoms with Gasteiger partial charge in [0, 0.05) is 21.5 Å². The van der Waals surface area contributed by atoms with Gasteiger partial charge in [0.05, 0.1) is 3.79 Å². The number of aryl methyl sites for hydroxylation is 1. The summed E-state index contributed by atoms with van der Waals surface area (Å²) in [6.07, 6.45) is 0.401. The van der Waals surface area contributed by atoms with Crippen molar-refractivity contribution in [1.29, 1.82) is 0 Å². The average Bonchev–Trinajstić information content (AvgIpc) is 2.64. The van der Waals surface area contributed by atoms with E-state index in [0.717, 1.165) is 14.2 Å². The van der Waals surface area contributed by atoms with Gasteiger partial charge in [-0.05, 0) is 53.0 Å². The standard InChI is InChI=1S/C13H12BrClFNS/c1-7-5-12(18-13(7)14)11(17)6-8-9(15)3-2-4-10(8)16/h2-5,11H,6,17H2,1H3. The molecule has 1 aromatic carbocycles. The average molecular weight is 349 g/mol. The van der Waals surface area contributed by atoms with Crippen LogP contribution in [-0.4, -0.2) is 0 Å². The van der Waals surface area contributed by atoms with Crippen molar-refractivity contribution in [1.82, 2.24) is 0 Å². The Morgan fingerprint density at radius 3 is 2.78 bits per heavy atom. The second-order valence-corrected chi connectivity index (χ2v) is 6.93. The molecule has 0 amide bonds. The van der Waals surface area contributed by atoms with Gasteiger partial charge >= 0.3 is 0 Å². The van der Waals surface area contributed by atoms with Crippen LogP contribution in [0.4, 0.5) is 4.39 Å². The van der Waals surface area contributed by atoms with Crippen molar-refractivity contribution >= 4 is 38.9 Å². The second kappa shape index (κ2) is 5.70. The maximum atomic E-state index is 13.7. The molecule has 1 nitrogen and oxygen atoms in total. The highest BCUT2D eigenvalue weighted by Crippen LogP contribution is 2.33. The summed E-state index contributed by atoms with van der Waals surface area (Å²) in [7, 11) is 0. The maximum Gasteiger partial charge on any atom is 0.127 e. The zero-order valence-corrected chi connectivity index (χ0v) is 12.9. The summed E-state index contributed by atoms with van der Waals surface area (Å²) in [5.74, 6) is -0.301. The smallest absolute Gasteiger partial charge is 0.127 e. The summed E-state index contributed by atoms with van der Waals surface area (Å²) >= 11 is 11.0. The largest absolute Gasteiger partial charge is 0.323 e. The lowest BCUT2D eigenvalue weighted by Gasteiger charge is -2.11. The van der Waals surface area contributed by atoms with Crippen LogP contribution < -0.4 is 5.73 Å². The highest BCUT2D eigenvalue weighted by Gasteiger charge is 2.15. The van der Waals surface area contributed by atoms with Gasteiger partial charge in [0.1, 0.15) is 5.82 Å². The summed E-state index contributed by atoms with van der Waals surface area (Å²) in [5, 5.41) is 0.429. The van der Waals surface area contributed by atoms with Crippen LogP contribution in [0.25, 0.3) is 0 Å². The lowest BCUT2D eigenvalue weighted by Crippen LogP contribution is -2.13. The van der Waals surface area contributed by atoms with Gasteiger partial charge in [0.25, 0.3) is 0 Å². The quantitative estimate of drug-likeness (QED) is 0.842. The number of thiophene rings is 1. The summed E-state index contributed by atoms with van der Waals surface area (Å²) in [6, 6.07) is 6.47. The number of halogens is 3. The van der Waals surface area contributed by atoms with Gasteiger partial charge in [-0.15, -0.1) is 11.3 Å². The van der Waals surface area contributed by atoms with Crippen molar-refractivity contribution in [3.63, 3.8) is 0 Å². The van der Waals surface area contributed by atoms with Crippen LogP contribution >= 0.6 is 38.9 Å². The van der Waals surface area contributed by atoms with Gasteiger partial charge in [-0.25, -0.2) is 4.39 Å². The van der Waals surface area contributed by atoms with Crippen LogP contribution in [0.15, 0.2) is 28.1 Å². The number of rotatable bonds is 3. The molecule has 96 valence electrons. The molecule has 1 atom stereocenters. The molecule has 0 saturated heterocycles. The maximum absolute atomic E-state index is 13.7. The third kappa shape index (κ3) is 2.94. The van der Waals surface area contributed by atoms with Gasteiger partial charge in [0.2, 0.25) is 0 Å². The van der Waals surface area contributed by atoms with Crippen LogP contribution in [0, 0.1) is 12.7 Å². The van der Waals surface area contributed by atoms with Gasteiger partial charge in [-0.1, -0.05) is 17.7 Å². The first kappa shape index (κ1) is 14.0. The van der Waals surface area contributed by atoms with E-state index in [-0.39, 0.29) is 11.9 Å². The molecule has 0 fully saturated rings. The first-order chi connectivity index (χ1) is 8.49. The predicted octanol–water partition coefficient (Wildman–Crippen LogP) is 4.85. The minimum Gasteiger partial charge on any atom is -0.323 e. The van der Waals surface area contributed by atoms with Crippen molar-refractivity contribution in [3.8, 4) is 0 Å². The Balaban J connectivity index is 2.23. The molecule has 0 aliphatic heterocycles. The molecule has 0 saturated carbocycles. The Bertz CT molecular complexity index is 530. The van der Waals surface area contributed by atoms with E-state index in [1.165, 1.54) is 6.07 Å². The van der Waals surface area contributed by atoms with Gasteiger partial charge in [0.15, 0.2) is 0 Å². The fraction of sp³-hybridized carbons (Fsp3) is 0.231. The first-order valence-electron chi connectivity index (χ1n) is 5.43. The molecule has 0 aliphatic carbocycles. The molecular weight excluding hydrogens is 337 g/mol. The minimum absolute atomic E-state index is 0.241. The lowest BCUT2D eigenvalue weighted by atomic mass is 10.0. The van der Waals surface area contributed by atoms with E-state index >= 15 is 0 Å². The highest BCUT2D eigenvalue weighted by atomic mass is 79.9. The third-order valence-corrected chi connectivity index (χ3v) is 5.35. The predicted molar refractivity (Wildman–Crippen MR) is 78.8 cm³/mol. The van der Waals surface area contributed by atoms with Crippen molar-refractivity contribution < 1.29 is 4.39 Å². The molecule has 2 N–H and O–H groups in total. The van der Waals surface area contributed by atoms with Crippen LogP contribution in [0.3, 0.4) is 0 Å². The SMILES string of the molecule is Cc1cc(C(N)Cc2c(F)cccc2Cl)sc1Br. The van der Waals surface area contributed by atoms with E-state index in [9.17, 15) is 4.39 Å². The Morgan fingerprint density at radius 2 is 2.22 bits per heavy atom. The van der Waals surface area contributed by atoms with Gasteiger partial charge in [-0.2, -0.15) is 0 Å². The number of nitrogens with two attached hydrogens (primary N) is 1. The zero-order valence-electron chi connectivity index (χ0n) is 9.71. The molecule has 0 radical (unpaired) electrons. The molecule has 0 bridgehead atoms. The van der Waals surface area contributed by atoms with Crippen molar-refractivity contribution in [3.05, 3.63) is 54.9 Å². The van der Waals surface area contributed by atoms with E-state index in [1.54, 1.807) is 23.5 Å². The van der Waals surface area contributed by atoms with E-state index in [0.29, 0.717) is 17.0 Å². The molecule has 1 heterocycles. The zero-order chi connectivity index (χ0) is 13.3. The summed E-state index contributed by atoms with van der Waals surface area (Å²) in [5.41, 5.74) is 7.74. The van der Waals surface area contributed by atoms with Crippen LogP contribution in [-0.2, 0) is 6.42 Å². The van der Waals surface area contributed by atoms with Gasteiger partial charge < -0.3 is 5.73 Å². The number of benzene rings is 1. The minimum atomic E-state index is -0.301. The molecule has 5 heteroatoms. The van der Waals surface area contributed by atoms with E-state index in [2.05, 4.69) is 15.9 Å². The summed E-state index contributed by atoms with van der Waals surface area (Å²) < 4.78 is 14.7. The van der Waals surface area contributed by atoms with Crippen LogP contribution in [0.2, 0.25) is 5.02 Å². The van der Waals surface area contributed by atoms with Crippen molar-refractivity contribution in [2.75, 3.05) is 0 Å². The van der Waals surface area contributed by atoms with Crippen LogP contribution in [0.1, 0.15) is 22.0 Å². The summed E-state index contributed by atoms with van der Waals surface area (Å²) in [6.45, 7) is 2.01. The monoisotopic (exact) mass is 347 g/mol. The topological polar surface area (TPSA) is 26.0 Å². The Hall–Kier alpha value is -0.420. The lowest BCUT2D eigenvalue weighted by molar-refractivity contribution is 0.595. The first-order valence-corrected chi connectivity index (χ1v) is 7.42. The second-order valence-electron chi connectivity index (χ2n) is 4.12. The molecule has 1 aromatic heterocycles. The Labute approximate surface area is 123 Å². The number of hydrogen-bond donors (Lipinski definition) is 1. The van der Waals surface area contributed by atoms with E-state index in [1.807, 2.05) is 13.0 Å². The normalized spacial score (nSPS) is 12.7. The van der Waals surface area contributed by atoms with Crippen molar-refractivity contribution in [2.45, 2.75) is 19.4 Å². The fourth-order valence-electron chi connectivity index (χ4n) is 1.71. The van der Waals surface area contributed by atoms with Crippen LogP contribution in [0.5, 0.6) is 0 Å². The highest BCUT2D eigenvalue weighted by molar-refractivity contribution is 9.11. The molecule has 18 heavy (non-hydrogen) atoms. The van der Waals surface area contributed by atoms with E-state index in [4.69, 9.17) is 17.3 Å². The molecule has 1 unspecified atom stereocenters. The third-order valence-electron chi connectivity index (χ3n) is 2.73. The molecule has 0 aliphatic rings. The van der Waals surface area contributed by atoms with Crippen molar-refractivity contribution in [2.24, 2.45) is 5.73 Å².